The molecule has 0 aliphatic heterocycles. The number of aromatic nitrogens is 2. The summed E-state index contributed by atoms with van der Waals surface area (Å²) in [6.45, 7) is 4.37. The van der Waals surface area contributed by atoms with Gasteiger partial charge in [0.25, 0.3) is 17.7 Å². The van der Waals surface area contributed by atoms with E-state index in [0.717, 1.165) is 49.4 Å². The number of benzene rings is 7. The number of ether oxygens (including phenoxy) is 1. The molecule has 322 valence electrons. The monoisotopic (exact) mass is 855 g/mol. The van der Waals surface area contributed by atoms with Gasteiger partial charge in [0.05, 0.1) is 12.7 Å². The van der Waals surface area contributed by atoms with Crippen molar-refractivity contribution >= 4 is 61.7 Å². The molecule has 9 rings (SSSR count). The molecule has 3 amide bonds. The summed E-state index contributed by atoms with van der Waals surface area (Å²) in [6, 6.07) is 43.8. The van der Waals surface area contributed by atoms with Crippen LogP contribution in [0.3, 0.4) is 0 Å². The number of carbonyl (C=O) groups excluding carboxylic acids is 3. The van der Waals surface area contributed by atoms with Crippen molar-refractivity contribution < 1.29 is 39.5 Å². The van der Waals surface area contributed by atoms with Crippen LogP contribution in [0.1, 0.15) is 48.0 Å². The highest BCUT2D eigenvalue weighted by molar-refractivity contribution is 6.09. The molecule has 7 aromatic carbocycles. The fourth-order valence-electron chi connectivity index (χ4n) is 6.87. The first-order valence-electron chi connectivity index (χ1n) is 20.1. The van der Waals surface area contributed by atoms with E-state index in [1.54, 1.807) is 86.0 Å². The maximum absolute atomic E-state index is 12.6. The number of hydrogen-bond donors (Lipinski definition) is 9. The molecule has 0 spiro atoms. The van der Waals surface area contributed by atoms with Crippen LogP contribution in [0.25, 0.3) is 32.6 Å². The Hall–Kier alpha value is -8.71. The van der Waals surface area contributed by atoms with Gasteiger partial charge in [-0.2, -0.15) is 0 Å². The Morgan fingerprint density at radius 3 is 1.69 bits per heavy atom. The van der Waals surface area contributed by atoms with Crippen LogP contribution in [0.5, 0.6) is 28.7 Å². The number of fused-ring (bicyclic) bond motifs is 3. The Kier molecular flexibility index (Phi) is 13.1. The van der Waals surface area contributed by atoms with Gasteiger partial charge in [-0.1, -0.05) is 54.1 Å². The molecule has 13 nitrogen and oxygen atoms in total. The number of rotatable bonds is 8. The molecule has 0 saturated heterocycles. The molecule has 9 N–H and O–H groups in total. The van der Waals surface area contributed by atoms with E-state index in [0.29, 0.717) is 34.9 Å². The zero-order valence-corrected chi connectivity index (χ0v) is 35.1. The lowest BCUT2D eigenvalue weighted by Gasteiger charge is -2.12. The van der Waals surface area contributed by atoms with Crippen molar-refractivity contribution in [2.24, 2.45) is 0 Å². The molecular formula is C51H45N5O8. The average Bonchev–Trinajstić information content (AvgIpc) is 3.90. The van der Waals surface area contributed by atoms with Gasteiger partial charge in [-0.3, -0.25) is 14.4 Å². The van der Waals surface area contributed by atoms with E-state index < -0.39 is 0 Å². The summed E-state index contributed by atoms with van der Waals surface area (Å²) in [5, 5.41) is 49.5. The molecule has 0 bridgehead atoms. The number of hydrogen-bond acceptors (Lipinski definition) is 8. The van der Waals surface area contributed by atoms with Gasteiger partial charge in [-0.25, -0.2) is 0 Å². The Morgan fingerprint density at radius 2 is 1.06 bits per heavy atom. The minimum absolute atomic E-state index is 0.0874. The van der Waals surface area contributed by atoms with Gasteiger partial charge in [0, 0.05) is 45.8 Å². The highest BCUT2D eigenvalue weighted by Gasteiger charge is 2.15. The molecule has 0 fully saturated rings. The number of aromatic amines is 2. The highest BCUT2D eigenvalue weighted by atomic mass is 16.5. The predicted octanol–water partition coefficient (Wildman–Crippen LogP) is 10.1. The number of phenolic OH excluding ortho intramolecular Hbond substituents is 4. The number of aryl methyl sites for hydroxylation is 2. The van der Waals surface area contributed by atoms with Gasteiger partial charge in [-0.05, 0) is 133 Å². The number of H-pyrrole nitrogens is 2. The second-order valence-electron chi connectivity index (χ2n) is 15.0. The number of methoxy groups -OCH3 is 1. The van der Waals surface area contributed by atoms with Crippen molar-refractivity contribution in [2.75, 3.05) is 17.7 Å². The van der Waals surface area contributed by atoms with Crippen LogP contribution in [0.15, 0.2) is 152 Å². The average molecular weight is 856 g/mol. The van der Waals surface area contributed by atoms with Crippen molar-refractivity contribution in [1.29, 1.82) is 0 Å². The van der Waals surface area contributed by atoms with E-state index in [-0.39, 0.29) is 40.7 Å². The third kappa shape index (κ3) is 11.0. The van der Waals surface area contributed by atoms with Crippen LogP contribution in [0.4, 0.5) is 11.4 Å². The molecule has 0 unspecified atom stereocenters. The van der Waals surface area contributed by atoms with Crippen molar-refractivity contribution in [2.45, 2.75) is 20.4 Å². The molecule has 2 heterocycles. The largest absolute Gasteiger partial charge is 0.508 e. The van der Waals surface area contributed by atoms with Crippen molar-refractivity contribution in [3.05, 3.63) is 185 Å². The molecular weight excluding hydrogens is 811 g/mol. The van der Waals surface area contributed by atoms with E-state index >= 15 is 0 Å². The third-order valence-corrected chi connectivity index (χ3v) is 10.0. The molecule has 2 aromatic heterocycles. The molecule has 0 radical (unpaired) electrons. The second kappa shape index (κ2) is 19.3. The lowest BCUT2D eigenvalue weighted by Crippen LogP contribution is -2.22. The van der Waals surface area contributed by atoms with Crippen molar-refractivity contribution in [1.82, 2.24) is 15.3 Å². The fraction of sp³-hybridized carbons (Fsp3) is 0.0784. The summed E-state index contributed by atoms with van der Waals surface area (Å²) < 4.78 is 5.42. The molecule has 9 aromatic rings. The Morgan fingerprint density at radius 1 is 0.500 bits per heavy atom. The van der Waals surface area contributed by atoms with E-state index in [9.17, 15) is 34.8 Å². The topological polar surface area (TPSA) is 209 Å². The molecule has 0 atom stereocenters. The lowest BCUT2D eigenvalue weighted by molar-refractivity contribution is 0.0945. The van der Waals surface area contributed by atoms with E-state index in [4.69, 9.17) is 4.74 Å². The molecule has 13 heteroatoms. The third-order valence-electron chi connectivity index (χ3n) is 10.0. The summed E-state index contributed by atoms with van der Waals surface area (Å²) >= 11 is 0. The van der Waals surface area contributed by atoms with Crippen LogP contribution in [0, 0.1) is 13.8 Å². The Labute approximate surface area is 367 Å². The summed E-state index contributed by atoms with van der Waals surface area (Å²) in [7, 11) is 1.58. The van der Waals surface area contributed by atoms with Gasteiger partial charge >= 0.3 is 0 Å². The minimum atomic E-state index is -0.314. The number of anilines is 2. The number of amides is 3. The maximum Gasteiger partial charge on any atom is 0.272 e. The Bertz CT molecular complexity index is 3150. The zero-order valence-electron chi connectivity index (χ0n) is 35.1. The van der Waals surface area contributed by atoms with Crippen LogP contribution >= 0.6 is 0 Å². The quantitative estimate of drug-likeness (QED) is 0.0717. The summed E-state index contributed by atoms with van der Waals surface area (Å²) in [5.41, 5.74) is 7.28. The summed E-state index contributed by atoms with van der Waals surface area (Å²) in [6.07, 6.45) is 0. The fourth-order valence-corrected chi connectivity index (χ4v) is 6.87. The lowest BCUT2D eigenvalue weighted by atomic mass is 10.0. The maximum atomic E-state index is 12.6. The highest BCUT2D eigenvalue weighted by Crippen LogP contribution is 2.28. The van der Waals surface area contributed by atoms with Crippen LogP contribution in [0.2, 0.25) is 0 Å². The zero-order chi connectivity index (χ0) is 45.3. The van der Waals surface area contributed by atoms with Gasteiger partial charge in [0.15, 0.2) is 0 Å². The molecule has 0 aliphatic rings. The first-order valence-corrected chi connectivity index (χ1v) is 20.1. The first kappa shape index (κ1) is 43.4. The van der Waals surface area contributed by atoms with Crippen LogP contribution < -0.4 is 20.7 Å². The van der Waals surface area contributed by atoms with Crippen LogP contribution in [-0.4, -0.2) is 55.2 Å². The number of aromatic hydroxyl groups is 4. The van der Waals surface area contributed by atoms with E-state index in [2.05, 4.69) is 32.0 Å². The number of phenols is 4. The molecule has 64 heavy (non-hydrogen) atoms. The SMILES string of the molecule is COc1cc2cc(C)ccc2cc1C(=O)Nc1cccc(C)c1.O=C(NCc1cccc(O)c1)c1cc2cc(O)ccc2[nH]1.O=C(Nc1cccc(O)c1)c1cc2cc(O)ccc2[nH]1. The van der Waals surface area contributed by atoms with Gasteiger partial charge in [0.2, 0.25) is 0 Å². The van der Waals surface area contributed by atoms with Gasteiger partial charge in [0.1, 0.15) is 40.1 Å². The molecule has 0 aliphatic carbocycles. The predicted molar refractivity (Wildman–Crippen MR) is 250 cm³/mol. The Balaban J connectivity index is 0.000000144. The number of nitrogens with one attached hydrogen (secondary N) is 5. The first-order chi connectivity index (χ1) is 30.8. The molecule has 0 saturated carbocycles. The number of carbonyl (C=O) groups is 3. The van der Waals surface area contributed by atoms with Crippen molar-refractivity contribution in [3.63, 3.8) is 0 Å². The van der Waals surface area contributed by atoms with E-state index in [1.807, 2.05) is 68.4 Å². The summed E-state index contributed by atoms with van der Waals surface area (Å²) in [4.78, 5) is 42.8. The van der Waals surface area contributed by atoms with Crippen molar-refractivity contribution in [3.8, 4) is 28.7 Å². The standard InChI is InChI=1S/C20H19NO2.C16H14N2O3.C15H12N2O3/c1-13-5-4-6-17(10-13)21-20(22)18-11-15-8-7-14(2)9-16(15)12-19(18)23-3;19-12-3-1-2-10(6-12)9-17-16(21)15-8-11-7-13(20)4-5-14(11)18-15;18-11-3-1-2-10(8-11)16-15(20)14-7-9-6-12(19)4-5-13(9)17-14/h4-12H,1-3H3,(H,21,22);1-8,18-20H,9H2,(H,17,21);1-8,17-19H,(H,16,20). The second-order valence-corrected chi connectivity index (χ2v) is 15.0. The van der Waals surface area contributed by atoms with E-state index in [1.165, 1.54) is 17.7 Å². The smallest absolute Gasteiger partial charge is 0.272 e. The van der Waals surface area contributed by atoms with Crippen LogP contribution in [-0.2, 0) is 6.54 Å². The summed E-state index contributed by atoms with van der Waals surface area (Å²) in [5.74, 6) is 0.417. The normalized spacial score (nSPS) is 10.6. The minimum Gasteiger partial charge on any atom is -0.508 e. The van der Waals surface area contributed by atoms with Gasteiger partial charge in [-0.15, -0.1) is 0 Å². The van der Waals surface area contributed by atoms with Gasteiger partial charge < -0.3 is 51.1 Å².